The lowest BCUT2D eigenvalue weighted by atomic mass is 10.1. The Hall–Kier alpha value is -1.32. The number of rotatable bonds is 1. The summed E-state index contributed by atoms with van der Waals surface area (Å²) in [4.78, 5) is 10.2. The predicted octanol–water partition coefficient (Wildman–Crippen LogP) is 2.47. The van der Waals surface area contributed by atoms with Crippen molar-refractivity contribution in [3.63, 3.8) is 0 Å². The molecule has 13 heavy (non-hydrogen) atoms. The SMILES string of the molecule is Cc1cc(C(F)(F)F)ccc1[C]=O. The first-order valence-electron chi connectivity index (χ1n) is 3.51. The van der Waals surface area contributed by atoms with E-state index in [-0.39, 0.29) is 11.1 Å². The Morgan fingerprint density at radius 2 is 1.92 bits per heavy atom. The second kappa shape index (κ2) is 3.20. The standard InChI is InChI=1S/C9H6F3O/c1-6-4-8(9(10,11)12)3-2-7(6)5-13/h2-4H,1H3. The molecule has 0 aliphatic heterocycles. The molecule has 0 amide bonds. The number of benzene rings is 1. The average Bonchev–Trinajstić information content (AvgIpc) is 2.02. The summed E-state index contributed by atoms with van der Waals surface area (Å²) in [5, 5.41) is 0. The van der Waals surface area contributed by atoms with Gasteiger partial charge in [-0.15, -0.1) is 0 Å². The second-order valence-corrected chi connectivity index (χ2v) is 2.63. The molecule has 1 radical (unpaired) electrons. The van der Waals surface area contributed by atoms with Gasteiger partial charge in [0.25, 0.3) is 0 Å². The van der Waals surface area contributed by atoms with Crippen LogP contribution in [0.25, 0.3) is 0 Å². The first-order chi connectivity index (χ1) is 5.95. The van der Waals surface area contributed by atoms with Gasteiger partial charge >= 0.3 is 6.18 Å². The van der Waals surface area contributed by atoms with Crippen LogP contribution in [0.4, 0.5) is 13.2 Å². The fraction of sp³-hybridized carbons (Fsp3) is 0.222. The van der Waals surface area contributed by atoms with Crippen LogP contribution >= 0.6 is 0 Å². The van der Waals surface area contributed by atoms with Gasteiger partial charge in [-0.2, -0.15) is 13.2 Å². The second-order valence-electron chi connectivity index (χ2n) is 2.63. The van der Waals surface area contributed by atoms with Crippen molar-refractivity contribution in [1.82, 2.24) is 0 Å². The molecule has 0 unspecified atom stereocenters. The van der Waals surface area contributed by atoms with Crippen molar-refractivity contribution in [2.24, 2.45) is 0 Å². The highest BCUT2D eigenvalue weighted by molar-refractivity contribution is 5.77. The molecular formula is C9H6F3O. The Balaban J connectivity index is 3.17. The first kappa shape index (κ1) is 9.77. The van der Waals surface area contributed by atoms with E-state index >= 15 is 0 Å². The molecular weight excluding hydrogens is 181 g/mol. The Morgan fingerprint density at radius 1 is 1.31 bits per heavy atom. The monoisotopic (exact) mass is 187 g/mol. The minimum Gasteiger partial charge on any atom is -0.285 e. The van der Waals surface area contributed by atoms with Gasteiger partial charge in [-0.05, 0) is 24.6 Å². The van der Waals surface area contributed by atoms with Crippen molar-refractivity contribution in [2.45, 2.75) is 13.1 Å². The van der Waals surface area contributed by atoms with Crippen LogP contribution in [0.5, 0.6) is 0 Å². The van der Waals surface area contributed by atoms with Crippen LogP contribution in [0.2, 0.25) is 0 Å². The fourth-order valence-corrected chi connectivity index (χ4v) is 0.955. The number of alkyl halides is 3. The van der Waals surface area contributed by atoms with Crippen LogP contribution in [0.15, 0.2) is 18.2 Å². The van der Waals surface area contributed by atoms with E-state index in [0.29, 0.717) is 0 Å². The van der Waals surface area contributed by atoms with Crippen LogP contribution in [0, 0.1) is 6.92 Å². The summed E-state index contributed by atoms with van der Waals surface area (Å²) in [5.74, 6) is 0. The number of hydrogen-bond donors (Lipinski definition) is 0. The Kier molecular flexibility index (Phi) is 2.40. The zero-order valence-electron chi connectivity index (χ0n) is 6.77. The smallest absolute Gasteiger partial charge is 0.285 e. The van der Waals surface area contributed by atoms with Crippen molar-refractivity contribution in [1.29, 1.82) is 0 Å². The first-order valence-corrected chi connectivity index (χ1v) is 3.51. The van der Waals surface area contributed by atoms with Gasteiger partial charge in [0.05, 0.1) is 5.56 Å². The van der Waals surface area contributed by atoms with Crippen molar-refractivity contribution < 1.29 is 18.0 Å². The molecule has 0 fully saturated rings. The minimum absolute atomic E-state index is 0.160. The van der Waals surface area contributed by atoms with Gasteiger partial charge in [-0.25, -0.2) is 0 Å². The molecule has 0 aliphatic rings. The van der Waals surface area contributed by atoms with E-state index in [0.717, 1.165) is 18.2 Å². The van der Waals surface area contributed by atoms with Crippen molar-refractivity contribution >= 4 is 6.29 Å². The van der Waals surface area contributed by atoms with E-state index in [1.54, 1.807) is 6.29 Å². The predicted molar refractivity (Wildman–Crippen MR) is 41.0 cm³/mol. The summed E-state index contributed by atoms with van der Waals surface area (Å²) < 4.78 is 36.3. The van der Waals surface area contributed by atoms with Gasteiger partial charge in [0.15, 0.2) is 0 Å². The van der Waals surface area contributed by atoms with Gasteiger partial charge < -0.3 is 0 Å². The van der Waals surface area contributed by atoms with Gasteiger partial charge in [0, 0.05) is 5.56 Å². The maximum absolute atomic E-state index is 12.1. The molecule has 0 saturated carbocycles. The largest absolute Gasteiger partial charge is 0.416 e. The molecule has 69 valence electrons. The van der Waals surface area contributed by atoms with Crippen LogP contribution in [-0.2, 0) is 11.0 Å². The number of hydrogen-bond acceptors (Lipinski definition) is 1. The van der Waals surface area contributed by atoms with Gasteiger partial charge in [-0.3, -0.25) is 4.79 Å². The van der Waals surface area contributed by atoms with Crippen molar-refractivity contribution in [3.05, 3.63) is 34.9 Å². The molecule has 0 heterocycles. The lowest BCUT2D eigenvalue weighted by molar-refractivity contribution is -0.137. The summed E-state index contributed by atoms with van der Waals surface area (Å²) in [6.45, 7) is 1.44. The molecule has 4 heteroatoms. The zero-order valence-corrected chi connectivity index (χ0v) is 6.77. The van der Waals surface area contributed by atoms with E-state index in [4.69, 9.17) is 0 Å². The van der Waals surface area contributed by atoms with E-state index in [1.165, 1.54) is 6.92 Å². The minimum atomic E-state index is -4.35. The summed E-state index contributed by atoms with van der Waals surface area (Å²) in [6.07, 6.45) is -2.80. The van der Waals surface area contributed by atoms with E-state index in [1.807, 2.05) is 0 Å². The lowest BCUT2D eigenvalue weighted by Gasteiger charge is -2.07. The normalized spacial score (nSPS) is 11.4. The summed E-state index contributed by atoms with van der Waals surface area (Å²) in [7, 11) is 0. The van der Waals surface area contributed by atoms with Gasteiger partial charge in [0.2, 0.25) is 6.29 Å². The molecule has 0 atom stereocenters. The Morgan fingerprint density at radius 3 is 2.31 bits per heavy atom. The quantitative estimate of drug-likeness (QED) is 0.660. The highest BCUT2D eigenvalue weighted by Crippen LogP contribution is 2.29. The zero-order chi connectivity index (χ0) is 10.1. The maximum atomic E-state index is 12.1. The fourth-order valence-electron chi connectivity index (χ4n) is 0.955. The third kappa shape index (κ3) is 2.08. The molecule has 0 saturated heterocycles. The topological polar surface area (TPSA) is 17.1 Å². The molecule has 1 rings (SSSR count). The van der Waals surface area contributed by atoms with E-state index in [9.17, 15) is 18.0 Å². The number of halogens is 3. The molecule has 0 N–H and O–H groups in total. The van der Waals surface area contributed by atoms with Crippen LogP contribution < -0.4 is 0 Å². The highest BCUT2D eigenvalue weighted by Gasteiger charge is 2.30. The average molecular weight is 187 g/mol. The number of carbonyl (C=O) groups excluding carboxylic acids is 1. The Labute approximate surface area is 73.2 Å². The maximum Gasteiger partial charge on any atom is 0.416 e. The highest BCUT2D eigenvalue weighted by atomic mass is 19.4. The van der Waals surface area contributed by atoms with E-state index < -0.39 is 11.7 Å². The van der Waals surface area contributed by atoms with Crippen LogP contribution in [0.3, 0.4) is 0 Å². The molecule has 0 aliphatic carbocycles. The third-order valence-corrected chi connectivity index (χ3v) is 1.66. The Bertz CT molecular complexity index is 328. The number of aryl methyl sites for hydroxylation is 1. The van der Waals surface area contributed by atoms with Gasteiger partial charge in [-0.1, -0.05) is 6.07 Å². The third-order valence-electron chi connectivity index (χ3n) is 1.66. The van der Waals surface area contributed by atoms with Crippen molar-refractivity contribution in [2.75, 3.05) is 0 Å². The molecule has 0 spiro atoms. The summed E-state index contributed by atoms with van der Waals surface area (Å²) in [6, 6.07) is 2.92. The van der Waals surface area contributed by atoms with Crippen LogP contribution in [-0.4, -0.2) is 6.29 Å². The van der Waals surface area contributed by atoms with Crippen LogP contribution in [0.1, 0.15) is 16.7 Å². The molecule has 1 aromatic rings. The molecule has 0 aromatic heterocycles. The summed E-state index contributed by atoms with van der Waals surface area (Å²) in [5.41, 5.74) is -0.304. The molecule has 1 nitrogen and oxygen atoms in total. The van der Waals surface area contributed by atoms with E-state index in [2.05, 4.69) is 0 Å². The molecule has 1 aromatic carbocycles. The summed E-state index contributed by atoms with van der Waals surface area (Å²) >= 11 is 0. The lowest BCUT2D eigenvalue weighted by Crippen LogP contribution is -2.05. The van der Waals surface area contributed by atoms with Crippen molar-refractivity contribution in [3.8, 4) is 0 Å². The molecule has 0 bridgehead atoms. The van der Waals surface area contributed by atoms with Gasteiger partial charge in [0.1, 0.15) is 0 Å².